The lowest BCUT2D eigenvalue weighted by Gasteiger charge is -2.33. The van der Waals surface area contributed by atoms with Crippen LogP contribution in [0, 0.1) is 11.7 Å². The van der Waals surface area contributed by atoms with Crippen molar-refractivity contribution >= 4 is 11.6 Å². The molecule has 1 amide bonds. The summed E-state index contributed by atoms with van der Waals surface area (Å²) in [7, 11) is 1.61. The molecule has 0 saturated carbocycles. The molecular formula is C18H21FN4O2. The summed E-state index contributed by atoms with van der Waals surface area (Å²) in [6.07, 6.45) is 3.34. The van der Waals surface area contributed by atoms with Crippen LogP contribution in [0.4, 0.5) is 10.1 Å². The Kier molecular flexibility index (Phi) is 5.11. The van der Waals surface area contributed by atoms with Crippen molar-refractivity contribution in [3.63, 3.8) is 0 Å². The topological polar surface area (TPSA) is 67.2 Å². The molecule has 7 heteroatoms. The molecule has 1 saturated heterocycles. The largest absolute Gasteiger partial charge is 0.369 e. The molecule has 0 aliphatic carbocycles. The zero-order valence-corrected chi connectivity index (χ0v) is 14.1. The van der Waals surface area contributed by atoms with Gasteiger partial charge in [-0.15, -0.1) is 0 Å². The minimum atomic E-state index is -0.291. The van der Waals surface area contributed by atoms with Crippen molar-refractivity contribution in [3.8, 4) is 0 Å². The molecule has 6 nitrogen and oxygen atoms in total. The zero-order chi connectivity index (χ0) is 17.8. The number of benzene rings is 1. The normalized spacial score (nSPS) is 17.4. The maximum absolute atomic E-state index is 12.9. The van der Waals surface area contributed by atoms with Gasteiger partial charge in [0.15, 0.2) is 0 Å². The highest BCUT2D eigenvalue weighted by Crippen LogP contribution is 2.21. The van der Waals surface area contributed by atoms with Crippen LogP contribution in [-0.4, -0.2) is 28.8 Å². The second-order valence-electron chi connectivity index (χ2n) is 6.31. The van der Waals surface area contributed by atoms with Gasteiger partial charge < -0.3 is 10.2 Å². The van der Waals surface area contributed by atoms with Crippen molar-refractivity contribution in [3.05, 3.63) is 58.3 Å². The molecule has 0 unspecified atom stereocenters. The Balaban J connectivity index is 1.60. The van der Waals surface area contributed by atoms with Crippen LogP contribution >= 0.6 is 0 Å². The summed E-state index contributed by atoms with van der Waals surface area (Å²) in [5.74, 6) is -0.454. The van der Waals surface area contributed by atoms with Gasteiger partial charge in [0.1, 0.15) is 5.82 Å². The Morgan fingerprint density at radius 1 is 1.36 bits per heavy atom. The van der Waals surface area contributed by atoms with Crippen LogP contribution in [0.3, 0.4) is 0 Å². The van der Waals surface area contributed by atoms with Crippen molar-refractivity contribution in [2.24, 2.45) is 13.0 Å². The molecule has 0 spiro atoms. The van der Waals surface area contributed by atoms with E-state index in [1.165, 1.54) is 16.8 Å². The fraction of sp³-hybridized carbons (Fsp3) is 0.389. The van der Waals surface area contributed by atoms with E-state index in [0.717, 1.165) is 30.6 Å². The van der Waals surface area contributed by atoms with Gasteiger partial charge in [0.2, 0.25) is 5.91 Å². The van der Waals surface area contributed by atoms with Gasteiger partial charge in [0, 0.05) is 32.7 Å². The third kappa shape index (κ3) is 4.23. The lowest BCUT2D eigenvalue weighted by atomic mass is 9.96. The van der Waals surface area contributed by atoms with Gasteiger partial charge in [-0.2, -0.15) is 5.10 Å². The van der Waals surface area contributed by atoms with E-state index < -0.39 is 0 Å². The molecule has 1 N–H and O–H groups in total. The van der Waals surface area contributed by atoms with Gasteiger partial charge in [-0.3, -0.25) is 9.59 Å². The van der Waals surface area contributed by atoms with Crippen molar-refractivity contribution in [2.45, 2.75) is 19.4 Å². The predicted octanol–water partition coefficient (Wildman–Crippen LogP) is 1.45. The fourth-order valence-corrected chi connectivity index (χ4v) is 2.99. The summed E-state index contributed by atoms with van der Waals surface area (Å²) in [5.41, 5.74) is 1.44. The monoisotopic (exact) mass is 344 g/mol. The van der Waals surface area contributed by atoms with Crippen molar-refractivity contribution in [1.29, 1.82) is 0 Å². The molecule has 1 aromatic heterocycles. The van der Waals surface area contributed by atoms with E-state index >= 15 is 0 Å². The highest BCUT2D eigenvalue weighted by atomic mass is 19.1. The summed E-state index contributed by atoms with van der Waals surface area (Å²) in [4.78, 5) is 26.2. The van der Waals surface area contributed by atoms with E-state index in [0.29, 0.717) is 13.1 Å². The van der Waals surface area contributed by atoms with E-state index in [2.05, 4.69) is 10.4 Å². The average Bonchev–Trinajstić information content (AvgIpc) is 2.63. The molecule has 0 bridgehead atoms. The number of nitrogens with zero attached hydrogens (tertiary/aromatic N) is 3. The number of anilines is 1. The van der Waals surface area contributed by atoms with E-state index in [1.807, 2.05) is 4.90 Å². The highest BCUT2D eigenvalue weighted by Gasteiger charge is 2.26. The Morgan fingerprint density at radius 3 is 2.84 bits per heavy atom. The van der Waals surface area contributed by atoms with Crippen LogP contribution in [0.2, 0.25) is 0 Å². The van der Waals surface area contributed by atoms with Crippen LogP contribution in [0.15, 0.2) is 41.3 Å². The van der Waals surface area contributed by atoms with Crippen LogP contribution in [0.1, 0.15) is 18.4 Å². The minimum Gasteiger partial charge on any atom is -0.369 e. The molecule has 1 atom stereocenters. The number of amides is 1. The molecule has 1 aromatic carbocycles. The molecule has 1 aliphatic rings. The molecule has 1 aliphatic heterocycles. The van der Waals surface area contributed by atoms with Crippen molar-refractivity contribution in [2.75, 3.05) is 18.0 Å². The molecule has 132 valence electrons. The summed E-state index contributed by atoms with van der Waals surface area (Å²) < 4.78 is 14.2. The molecule has 2 heterocycles. The number of carbonyl (C=O) groups excluding carboxylic acids is 1. The maximum atomic E-state index is 12.9. The third-order valence-electron chi connectivity index (χ3n) is 4.49. The van der Waals surface area contributed by atoms with Crippen molar-refractivity contribution < 1.29 is 9.18 Å². The number of hydrogen-bond acceptors (Lipinski definition) is 4. The summed E-state index contributed by atoms with van der Waals surface area (Å²) in [6.45, 7) is 1.74. The highest BCUT2D eigenvalue weighted by molar-refractivity contribution is 5.79. The minimum absolute atomic E-state index is 0.0224. The van der Waals surface area contributed by atoms with E-state index in [1.54, 1.807) is 31.4 Å². The van der Waals surface area contributed by atoms with Gasteiger partial charge in [-0.25, -0.2) is 9.07 Å². The first-order valence-corrected chi connectivity index (χ1v) is 8.33. The second-order valence-corrected chi connectivity index (χ2v) is 6.31. The Morgan fingerprint density at radius 2 is 2.12 bits per heavy atom. The SMILES string of the molecule is Cn1ncc(N2CCC[C@@H](C(=O)NCc3ccc(F)cc3)C2)cc1=O. The number of nitrogens with one attached hydrogen (secondary N) is 1. The second kappa shape index (κ2) is 7.46. The lowest BCUT2D eigenvalue weighted by molar-refractivity contribution is -0.125. The van der Waals surface area contributed by atoms with Gasteiger partial charge in [-0.1, -0.05) is 12.1 Å². The van der Waals surface area contributed by atoms with Crippen LogP contribution in [0.5, 0.6) is 0 Å². The van der Waals surface area contributed by atoms with Gasteiger partial charge >= 0.3 is 0 Å². The van der Waals surface area contributed by atoms with Gasteiger partial charge in [-0.05, 0) is 30.5 Å². The standard InChI is InChI=1S/C18H21FN4O2/c1-22-17(24)9-16(11-21-22)23-8-2-3-14(12-23)18(25)20-10-13-4-6-15(19)7-5-13/h4-7,9,11,14H,2-3,8,10,12H2,1H3,(H,20,25)/t14-/m1/s1. The van der Waals surface area contributed by atoms with Gasteiger partial charge in [0.25, 0.3) is 5.56 Å². The number of aromatic nitrogens is 2. The smallest absolute Gasteiger partial charge is 0.268 e. The molecule has 25 heavy (non-hydrogen) atoms. The average molecular weight is 344 g/mol. The number of rotatable bonds is 4. The summed E-state index contributed by atoms with van der Waals surface area (Å²) >= 11 is 0. The first-order valence-electron chi connectivity index (χ1n) is 8.33. The predicted molar refractivity (Wildman–Crippen MR) is 92.7 cm³/mol. The molecule has 2 aromatic rings. The van der Waals surface area contributed by atoms with E-state index in [4.69, 9.17) is 0 Å². The number of aryl methyl sites for hydroxylation is 1. The summed E-state index contributed by atoms with van der Waals surface area (Å²) in [5, 5.41) is 6.95. The zero-order valence-electron chi connectivity index (χ0n) is 14.1. The van der Waals surface area contributed by atoms with Crippen LogP contribution in [0.25, 0.3) is 0 Å². The first-order chi connectivity index (χ1) is 12.0. The summed E-state index contributed by atoms with van der Waals surface area (Å²) in [6, 6.07) is 7.63. The fourth-order valence-electron chi connectivity index (χ4n) is 2.99. The number of halogens is 1. The van der Waals surface area contributed by atoms with E-state index in [-0.39, 0.29) is 23.2 Å². The number of piperidine rings is 1. The lowest BCUT2D eigenvalue weighted by Crippen LogP contribution is -2.43. The van der Waals surface area contributed by atoms with Gasteiger partial charge in [0.05, 0.1) is 17.8 Å². The van der Waals surface area contributed by atoms with Crippen LogP contribution < -0.4 is 15.8 Å². The Labute approximate surface area is 145 Å². The number of carbonyl (C=O) groups is 1. The molecular weight excluding hydrogens is 323 g/mol. The van der Waals surface area contributed by atoms with E-state index in [9.17, 15) is 14.0 Å². The molecule has 1 fully saturated rings. The first kappa shape index (κ1) is 17.1. The maximum Gasteiger partial charge on any atom is 0.268 e. The van der Waals surface area contributed by atoms with Crippen molar-refractivity contribution in [1.82, 2.24) is 15.1 Å². The number of hydrogen-bond donors (Lipinski definition) is 1. The Hall–Kier alpha value is -2.70. The Bertz CT molecular complexity index is 803. The molecule has 0 radical (unpaired) electrons. The van der Waals surface area contributed by atoms with Crippen LogP contribution in [-0.2, 0) is 18.4 Å². The quantitative estimate of drug-likeness (QED) is 0.912. The third-order valence-corrected chi connectivity index (χ3v) is 4.49. The molecule has 3 rings (SSSR count).